The predicted molar refractivity (Wildman–Crippen MR) is 163 cm³/mol. The highest BCUT2D eigenvalue weighted by atomic mass is 16.5. The Morgan fingerprint density at radius 1 is 0.721 bits per heavy atom. The van der Waals surface area contributed by atoms with Gasteiger partial charge in [-0.3, -0.25) is 9.78 Å². The lowest BCUT2D eigenvalue weighted by atomic mass is 10.2. The van der Waals surface area contributed by atoms with Gasteiger partial charge in [0.25, 0.3) is 5.91 Å². The van der Waals surface area contributed by atoms with Crippen molar-refractivity contribution in [2.75, 3.05) is 69.7 Å². The average molecular weight is 589 g/mol. The molecular weight excluding hydrogens is 552 g/mol. The molecule has 4 N–H and O–H groups in total. The van der Waals surface area contributed by atoms with Crippen molar-refractivity contribution in [2.45, 2.75) is 6.54 Å². The van der Waals surface area contributed by atoms with Gasteiger partial charge in [-0.25, -0.2) is 0 Å². The second-order valence-corrected chi connectivity index (χ2v) is 8.98. The van der Waals surface area contributed by atoms with E-state index in [1.807, 2.05) is 36.4 Å². The maximum Gasteiger partial charge on any atom is 0.251 e. The van der Waals surface area contributed by atoms with Crippen molar-refractivity contribution in [3.05, 3.63) is 84.2 Å². The van der Waals surface area contributed by atoms with Crippen LogP contribution in [0, 0.1) is 0 Å². The minimum atomic E-state index is -0.123. The molecule has 0 aliphatic heterocycles. The second-order valence-electron chi connectivity index (χ2n) is 8.98. The van der Waals surface area contributed by atoms with Crippen molar-refractivity contribution in [2.24, 2.45) is 0 Å². The highest BCUT2D eigenvalue weighted by molar-refractivity contribution is 5.94. The summed E-state index contributed by atoms with van der Waals surface area (Å²) in [6, 6.07) is 18.3. The van der Waals surface area contributed by atoms with Crippen molar-refractivity contribution in [1.29, 1.82) is 0 Å². The summed E-state index contributed by atoms with van der Waals surface area (Å²) in [6.45, 7) is 3.05. The molecule has 0 radical (unpaired) electrons. The lowest BCUT2D eigenvalue weighted by Crippen LogP contribution is -2.27. The van der Waals surface area contributed by atoms with Crippen LogP contribution in [0.1, 0.15) is 15.9 Å². The minimum absolute atomic E-state index is 0.123. The molecule has 4 aromatic rings. The first-order valence-electron chi connectivity index (χ1n) is 13.7. The molecule has 0 saturated heterocycles. The largest absolute Gasteiger partial charge is 0.493 e. The van der Waals surface area contributed by atoms with Gasteiger partial charge in [-0.05, 0) is 42.0 Å². The Kier molecular flexibility index (Phi) is 12.3. The van der Waals surface area contributed by atoms with Gasteiger partial charge >= 0.3 is 0 Å². The van der Waals surface area contributed by atoms with Crippen LogP contribution in [0.4, 0.5) is 23.5 Å². The van der Waals surface area contributed by atoms with Crippen LogP contribution >= 0.6 is 0 Å². The summed E-state index contributed by atoms with van der Waals surface area (Å²) >= 11 is 0. The maximum atomic E-state index is 12.0. The van der Waals surface area contributed by atoms with Gasteiger partial charge in [-0.2, -0.15) is 15.0 Å². The van der Waals surface area contributed by atoms with Crippen LogP contribution < -0.4 is 30.7 Å². The zero-order valence-electron chi connectivity index (χ0n) is 24.2. The van der Waals surface area contributed by atoms with Crippen LogP contribution in [0.25, 0.3) is 0 Å². The molecule has 4 rings (SSSR count). The molecule has 2 aromatic carbocycles. The van der Waals surface area contributed by atoms with Gasteiger partial charge in [0.1, 0.15) is 0 Å². The highest BCUT2D eigenvalue weighted by Gasteiger charge is 2.10. The van der Waals surface area contributed by atoms with E-state index in [1.54, 1.807) is 50.9 Å². The Balaban J connectivity index is 1.23. The van der Waals surface area contributed by atoms with Crippen molar-refractivity contribution in [3.63, 3.8) is 0 Å². The minimum Gasteiger partial charge on any atom is -0.493 e. The van der Waals surface area contributed by atoms with Crippen LogP contribution in [0.5, 0.6) is 11.5 Å². The van der Waals surface area contributed by atoms with Gasteiger partial charge in [-0.15, -0.1) is 0 Å². The molecule has 226 valence electrons. The predicted octanol–water partition coefficient (Wildman–Crippen LogP) is 3.51. The number of benzene rings is 2. The van der Waals surface area contributed by atoms with Crippen molar-refractivity contribution < 1.29 is 23.7 Å². The number of hydrogen-bond donors (Lipinski definition) is 4. The van der Waals surface area contributed by atoms with Gasteiger partial charge in [0.15, 0.2) is 11.5 Å². The number of amides is 1. The molecule has 0 unspecified atom stereocenters. The SMILES string of the molecule is COc1ccc(Nc2nc(NCCOCCOCCNC(=O)c3ccccc3)nc(NCc3ccncc3)n2)cc1OC. The Morgan fingerprint density at radius 3 is 2.12 bits per heavy atom. The molecule has 0 aliphatic rings. The molecule has 43 heavy (non-hydrogen) atoms. The van der Waals surface area contributed by atoms with Gasteiger partial charge in [0.05, 0.1) is 40.6 Å². The molecule has 2 aromatic heterocycles. The lowest BCUT2D eigenvalue weighted by molar-refractivity contribution is 0.0519. The summed E-state index contributed by atoms with van der Waals surface area (Å²) in [5.74, 6) is 2.19. The fourth-order valence-electron chi connectivity index (χ4n) is 3.80. The normalized spacial score (nSPS) is 10.6. The Labute approximate surface area is 250 Å². The standard InChI is InChI=1S/C30H36N8O5/c1-40-25-9-8-24(20-26(25)41-2)35-30-37-28(36-29(38-30)34-21-22-10-12-31-13-11-22)33-15-17-43-19-18-42-16-14-32-27(39)23-6-4-3-5-7-23/h3-13,20H,14-19,21H2,1-2H3,(H,32,39)(H3,33,34,35,36,37,38). The zero-order valence-corrected chi connectivity index (χ0v) is 24.2. The van der Waals surface area contributed by atoms with E-state index in [4.69, 9.17) is 18.9 Å². The molecule has 13 nitrogen and oxygen atoms in total. The fourth-order valence-corrected chi connectivity index (χ4v) is 3.80. The number of nitrogens with zero attached hydrogens (tertiary/aromatic N) is 4. The molecule has 0 spiro atoms. The first kappa shape index (κ1) is 30.9. The number of pyridine rings is 1. The number of hydrogen-bond acceptors (Lipinski definition) is 12. The van der Waals surface area contributed by atoms with Gasteiger partial charge in [-0.1, -0.05) is 18.2 Å². The Bertz CT molecular complexity index is 1410. The third-order valence-corrected chi connectivity index (χ3v) is 5.94. The molecular formula is C30H36N8O5. The molecule has 13 heteroatoms. The van der Waals surface area contributed by atoms with E-state index in [9.17, 15) is 4.79 Å². The smallest absolute Gasteiger partial charge is 0.251 e. The number of ether oxygens (including phenoxy) is 4. The highest BCUT2D eigenvalue weighted by Crippen LogP contribution is 2.30. The van der Waals surface area contributed by atoms with Crippen molar-refractivity contribution in [3.8, 4) is 11.5 Å². The molecule has 2 heterocycles. The number of carbonyl (C=O) groups is 1. The zero-order chi connectivity index (χ0) is 30.1. The summed E-state index contributed by atoms with van der Waals surface area (Å²) in [5, 5.41) is 12.4. The monoisotopic (exact) mass is 588 g/mol. The van der Waals surface area contributed by atoms with Crippen LogP contribution in [-0.2, 0) is 16.0 Å². The molecule has 0 aliphatic carbocycles. The Morgan fingerprint density at radius 2 is 1.40 bits per heavy atom. The maximum absolute atomic E-state index is 12.0. The van der Waals surface area contributed by atoms with Crippen molar-refractivity contribution in [1.82, 2.24) is 25.3 Å². The molecule has 1 amide bonds. The van der Waals surface area contributed by atoms with Crippen molar-refractivity contribution >= 4 is 29.4 Å². The van der Waals surface area contributed by atoms with Gasteiger partial charge in [0, 0.05) is 49.3 Å². The summed E-state index contributed by atoms with van der Waals surface area (Å²) in [5.41, 5.74) is 2.38. The van der Waals surface area contributed by atoms with E-state index in [1.165, 1.54) is 0 Å². The number of aromatic nitrogens is 4. The topological polar surface area (TPSA) is 154 Å². The third-order valence-electron chi connectivity index (χ3n) is 5.94. The van der Waals surface area contributed by atoms with Gasteiger partial charge < -0.3 is 40.2 Å². The number of methoxy groups -OCH3 is 2. The number of nitrogens with one attached hydrogen (secondary N) is 4. The summed E-state index contributed by atoms with van der Waals surface area (Å²) in [7, 11) is 3.16. The number of anilines is 4. The van der Waals surface area contributed by atoms with Crippen LogP contribution in [0.2, 0.25) is 0 Å². The summed E-state index contributed by atoms with van der Waals surface area (Å²) in [6.07, 6.45) is 3.47. The third kappa shape index (κ3) is 10.4. The molecule has 0 fully saturated rings. The molecule has 0 atom stereocenters. The number of rotatable bonds is 18. The first-order valence-corrected chi connectivity index (χ1v) is 13.7. The van der Waals surface area contributed by atoms with E-state index in [0.29, 0.717) is 81.0 Å². The summed E-state index contributed by atoms with van der Waals surface area (Å²) in [4.78, 5) is 29.6. The van der Waals surface area contributed by atoms with E-state index >= 15 is 0 Å². The first-order chi connectivity index (χ1) is 21.1. The van der Waals surface area contributed by atoms with E-state index in [-0.39, 0.29) is 5.91 Å². The van der Waals surface area contributed by atoms with E-state index < -0.39 is 0 Å². The fraction of sp³-hybridized carbons (Fsp3) is 0.300. The second kappa shape index (κ2) is 17.1. The summed E-state index contributed by atoms with van der Waals surface area (Å²) < 4.78 is 21.9. The van der Waals surface area contributed by atoms with Crippen LogP contribution in [0.15, 0.2) is 73.1 Å². The van der Waals surface area contributed by atoms with E-state index in [0.717, 1.165) is 11.3 Å². The average Bonchev–Trinajstić information content (AvgIpc) is 3.05. The number of carbonyl (C=O) groups excluding carboxylic acids is 1. The Hall–Kier alpha value is -5.01. The van der Waals surface area contributed by atoms with Crippen LogP contribution in [-0.4, -0.2) is 79.6 Å². The molecule has 0 bridgehead atoms. The van der Waals surface area contributed by atoms with Crippen LogP contribution in [0.3, 0.4) is 0 Å². The van der Waals surface area contributed by atoms with Gasteiger partial charge in [0.2, 0.25) is 17.8 Å². The quantitative estimate of drug-likeness (QED) is 0.126. The molecule has 0 saturated carbocycles. The van der Waals surface area contributed by atoms with E-state index in [2.05, 4.69) is 41.2 Å². The lowest BCUT2D eigenvalue weighted by Gasteiger charge is -2.13.